The minimum absolute atomic E-state index is 0.0314. The number of imide groups is 1. The lowest BCUT2D eigenvalue weighted by atomic mass is 9.81. The molecule has 1 aliphatic carbocycles. The molecule has 2 atom stereocenters. The number of hydrogen-bond acceptors (Lipinski definition) is 3. The molecule has 3 rings (SSSR count). The number of likely N-dealkylation sites (tertiary alicyclic amines) is 1. The van der Waals surface area contributed by atoms with E-state index in [4.69, 9.17) is 0 Å². The van der Waals surface area contributed by atoms with E-state index in [2.05, 4.69) is 0 Å². The van der Waals surface area contributed by atoms with Crippen LogP contribution in [0.1, 0.15) is 39.0 Å². The van der Waals surface area contributed by atoms with Gasteiger partial charge in [0.1, 0.15) is 0 Å². The molecule has 0 radical (unpaired) electrons. The Labute approximate surface area is 150 Å². The van der Waals surface area contributed by atoms with Gasteiger partial charge in [0.15, 0.2) is 11.6 Å². The Balaban J connectivity index is 1.66. The Morgan fingerprint density at radius 2 is 1.73 bits per heavy atom. The molecular formula is C19H22F2N2O3. The fourth-order valence-electron chi connectivity index (χ4n) is 3.95. The third kappa shape index (κ3) is 3.34. The molecule has 26 heavy (non-hydrogen) atoms. The van der Waals surface area contributed by atoms with Gasteiger partial charge in [0.2, 0.25) is 17.7 Å². The Kier molecular flexibility index (Phi) is 5.34. The summed E-state index contributed by atoms with van der Waals surface area (Å²) in [5.74, 6) is -3.17. The number of carbonyl (C=O) groups excluding carboxylic acids is 3. The van der Waals surface area contributed by atoms with Crippen LogP contribution >= 0.6 is 0 Å². The van der Waals surface area contributed by atoms with E-state index in [1.54, 1.807) is 6.92 Å². The van der Waals surface area contributed by atoms with Crippen LogP contribution < -0.4 is 4.90 Å². The average molecular weight is 364 g/mol. The van der Waals surface area contributed by atoms with Gasteiger partial charge < -0.3 is 4.90 Å². The molecule has 1 saturated heterocycles. The fraction of sp³-hybridized carbons (Fsp3) is 0.526. The summed E-state index contributed by atoms with van der Waals surface area (Å²) in [6, 6.07) is 3.27. The van der Waals surface area contributed by atoms with E-state index in [-0.39, 0.29) is 54.8 Å². The highest BCUT2D eigenvalue weighted by Crippen LogP contribution is 2.38. The third-order valence-electron chi connectivity index (χ3n) is 5.31. The first-order valence-electron chi connectivity index (χ1n) is 9.04. The summed E-state index contributed by atoms with van der Waals surface area (Å²) >= 11 is 0. The smallest absolute Gasteiger partial charge is 0.233 e. The summed E-state index contributed by atoms with van der Waals surface area (Å²) < 4.78 is 26.5. The van der Waals surface area contributed by atoms with Crippen molar-refractivity contribution in [1.29, 1.82) is 0 Å². The van der Waals surface area contributed by atoms with Crippen molar-refractivity contribution in [3.63, 3.8) is 0 Å². The van der Waals surface area contributed by atoms with Gasteiger partial charge in [-0.1, -0.05) is 12.8 Å². The predicted molar refractivity (Wildman–Crippen MR) is 91.2 cm³/mol. The van der Waals surface area contributed by atoms with Crippen LogP contribution in [0.3, 0.4) is 0 Å². The maximum Gasteiger partial charge on any atom is 0.233 e. The van der Waals surface area contributed by atoms with Crippen molar-refractivity contribution in [2.24, 2.45) is 11.8 Å². The van der Waals surface area contributed by atoms with Crippen LogP contribution in [0.5, 0.6) is 0 Å². The van der Waals surface area contributed by atoms with E-state index in [1.807, 2.05) is 0 Å². The molecule has 1 aromatic carbocycles. The van der Waals surface area contributed by atoms with Crippen LogP contribution in [0.2, 0.25) is 0 Å². The molecule has 7 heteroatoms. The van der Waals surface area contributed by atoms with Gasteiger partial charge in [0.05, 0.1) is 11.8 Å². The molecule has 1 aromatic rings. The zero-order valence-corrected chi connectivity index (χ0v) is 14.7. The Hall–Kier alpha value is -2.31. The van der Waals surface area contributed by atoms with Gasteiger partial charge in [-0.15, -0.1) is 0 Å². The highest BCUT2D eigenvalue weighted by molar-refractivity contribution is 6.05. The number of carbonyl (C=O) groups is 3. The second kappa shape index (κ2) is 7.51. The number of hydrogen-bond donors (Lipinski definition) is 0. The fourth-order valence-corrected chi connectivity index (χ4v) is 3.95. The molecule has 1 aliphatic heterocycles. The molecule has 0 spiro atoms. The first-order chi connectivity index (χ1) is 12.4. The first kappa shape index (κ1) is 18.5. The average Bonchev–Trinajstić information content (AvgIpc) is 2.88. The zero-order valence-electron chi connectivity index (χ0n) is 14.7. The lowest BCUT2D eigenvalue weighted by Crippen LogP contribution is -2.37. The quantitative estimate of drug-likeness (QED) is 0.755. The van der Waals surface area contributed by atoms with Gasteiger partial charge in [-0.3, -0.25) is 19.3 Å². The monoisotopic (exact) mass is 364 g/mol. The van der Waals surface area contributed by atoms with Gasteiger partial charge in [-0.2, -0.15) is 0 Å². The number of amides is 3. The summed E-state index contributed by atoms with van der Waals surface area (Å²) in [5.41, 5.74) is 0.254. The SMILES string of the molecule is CCN(C(=O)CCN1C(=O)C2CCCCC2C1=O)c1ccc(F)c(F)c1. The van der Waals surface area contributed by atoms with Crippen LogP contribution in [-0.4, -0.2) is 35.7 Å². The molecule has 2 aliphatic rings. The number of benzene rings is 1. The molecule has 1 heterocycles. The Morgan fingerprint density at radius 3 is 2.27 bits per heavy atom. The number of rotatable bonds is 5. The van der Waals surface area contributed by atoms with Gasteiger partial charge >= 0.3 is 0 Å². The van der Waals surface area contributed by atoms with Crippen molar-refractivity contribution < 1.29 is 23.2 Å². The van der Waals surface area contributed by atoms with Crippen LogP contribution in [0.25, 0.3) is 0 Å². The van der Waals surface area contributed by atoms with E-state index >= 15 is 0 Å². The van der Waals surface area contributed by atoms with Gasteiger partial charge in [-0.25, -0.2) is 8.78 Å². The van der Waals surface area contributed by atoms with Crippen molar-refractivity contribution in [3.8, 4) is 0 Å². The molecule has 5 nitrogen and oxygen atoms in total. The largest absolute Gasteiger partial charge is 0.313 e. The Bertz CT molecular complexity index is 713. The summed E-state index contributed by atoms with van der Waals surface area (Å²) in [7, 11) is 0. The van der Waals surface area contributed by atoms with Crippen LogP contribution in [0, 0.1) is 23.5 Å². The lowest BCUT2D eigenvalue weighted by Gasteiger charge is -2.22. The van der Waals surface area contributed by atoms with E-state index in [9.17, 15) is 23.2 Å². The van der Waals surface area contributed by atoms with Gasteiger partial charge in [0.25, 0.3) is 0 Å². The van der Waals surface area contributed by atoms with Crippen LogP contribution in [-0.2, 0) is 14.4 Å². The van der Waals surface area contributed by atoms with E-state index in [1.165, 1.54) is 15.9 Å². The van der Waals surface area contributed by atoms with Gasteiger partial charge in [0, 0.05) is 31.3 Å². The van der Waals surface area contributed by atoms with Gasteiger partial charge in [-0.05, 0) is 31.9 Å². The van der Waals surface area contributed by atoms with E-state index < -0.39 is 11.6 Å². The first-order valence-corrected chi connectivity index (χ1v) is 9.04. The third-order valence-corrected chi connectivity index (χ3v) is 5.31. The molecule has 0 aromatic heterocycles. The molecule has 2 fully saturated rings. The minimum atomic E-state index is -1.03. The van der Waals surface area contributed by atoms with Crippen molar-refractivity contribution in [1.82, 2.24) is 4.90 Å². The molecule has 0 N–H and O–H groups in total. The highest BCUT2D eigenvalue weighted by atomic mass is 19.2. The molecule has 2 unspecified atom stereocenters. The highest BCUT2D eigenvalue weighted by Gasteiger charge is 2.47. The topological polar surface area (TPSA) is 57.7 Å². The molecule has 140 valence electrons. The second-order valence-corrected chi connectivity index (χ2v) is 6.81. The van der Waals surface area contributed by atoms with Crippen molar-refractivity contribution in [3.05, 3.63) is 29.8 Å². The molecular weight excluding hydrogens is 342 g/mol. The predicted octanol–water partition coefficient (Wildman–Crippen LogP) is 2.88. The maximum atomic E-state index is 13.4. The molecule has 1 saturated carbocycles. The van der Waals surface area contributed by atoms with Crippen LogP contribution in [0.4, 0.5) is 14.5 Å². The molecule has 3 amide bonds. The normalized spacial score (nSPS) is 22.5. The maximum absolute atomic E-state index is 13.4. The number of nitrogens with zero attached hydrogens (tertiary/aromatic N) is 2. The summed E-state index contributed by atoms with van der Waals surface area (Å²) in [6.07, 6.45) is 3.33. The number of fused-ring (bicyclic) bond motifs is 1. The zero-order chi connectivity index (χ0) is 18.8. The second-order valence-electron chi connectivity index (χ2n) is 6.81. The van der Waals surface area contributed by atoms with Crippen LogP contribution in [0.15, 0.2) is 18.2 Å². The number of anilines is 1. The van der Waals surface area contributed by atoms with E-state index in [0.717, 1.165) is 37.8 Å². The minimum Gasteiger partial charge on any atom is -0.313 e. The standard InChI is InChI=1S/C19H22F2N2O3/c1-2-22(12-7-8-15(20)16(21)11-12)17(24)9-10-23-18(25)13-5-3-4-6-14(13)19(23)26/h7-8,11,13-14H,2-6,9-10H2,1H3. The van der Waals surface area contributed by atoms with Crippen molar-refractivity contribution >= 4 is 23.4 Å². The lowest BCUT2D eigenvalue weighted by molar-refractivity contribution is -0.140. The number of halogens is 2. The summed E-state index contributed by atoms with van der Waals surface area (Å²) in [5, 5.41) is 0. The van der Waals surface area contributed by atoms with Crippen molar-refractivity contribution in [2.75, 3.05) is 18.0 Å². The van der Waals surface area contributed by atoms with Crippen molar-refractivity contribution in [2.45, 2.75) is 39.0 Å². The summed E-state index contributed by atoms with van der Waals surface area (Å²) in [6.45, 7) is 2.03. The summed E-state index contributed by atoms with van der Waals surface area (Å²) in [4.78, 5) is 39.9. The van der Waals surface area contributed by atoms with E-state index in [0.29, 0.717) is 0 Å². The Morgan fingerprint density at radius 1 is 1.12 bits per heavy atom. The molecule has 0 bridgehead atoms.